The molecule has 1 fully saturated rings. The number of amides is 1. The lowest BCUT2D eigenvalue weighted by atomic mass is 10.1. The van der Waals surface area contributed by atoms with Crippen LogP contribution >= 0.6 is 0 Å². The number of likely N-dealkylation sites (N-methyl/N-ethyl adjacent to an activating group) is 1. The largest absolute Gasteiger partial charge is 0.377 e. The quantitative estimate of drug-likeness (QED) is 0.298. The van der Waals surface area contributed by atoms with Gasteiger partial charge in [0.15, 0.2) is 0 Å². The minimum atomic E-state index is -0.0803. The summed E-state index contributed by atoms with van der Waals surface area (Å²) in [7, 11) is 2.11. The van der Waals surface area contributed by atoms with Crippen molar-refractivity contribution >= 4 is 5.91 Å². The Morgan fingerprint density at radius 2 is 2.29 bits per heavy atom. The molecule has 17 heavy (non-hydrogen) atoms. The molecule has 1 rings (SSSR count). The van der Waals surface area contributed by atoms with E-state index in [0.29, 0.717) is 12.5 Å². The van der Waals surface area contributed by atoms with Gasteiger partial charge in [0.2, 0.25) is 5.91 Å². The highest BCUT2D eigenvalue weighted by Gasteiger charge is 2.15. The molecule has 0 aromatic rings. The third-order valence-electron chi connectivity index (χ3n) is 3.14. The van der Waals surface area contributed by atoms with E-state index >= 15 is 0 Å². The van der Waals surface area contributed by atoms with Crippen molar-refractivity contribution in [3.63, 3.8) is 0 Å². The standard InChI is InChI=1S/C12H25N3O2/c1-15(8-4-2-7-12(16)14-13)10-11-6-3-5-9-17-11/h11H,2-10,13H2,1H3,(H,14,16). The van der Waals surface area contributed by atoms with E-state index in [4.69, 9.17) is 10.6 Å². The zero-order valence-electron chi connectivity index (χ0n) is 10.8. The van der Waals surface area contributed by atoms with Crippen LogP contribution in [0, 0.1) is 0 Å². The molecule has 0 aromatic heterocycles. The number of nitrogens with two attached hydrogens (primary N) is 1. The molecule has 1 amide bonds. The Kier molecular flexibility index (Phi) is 7.16. The van der Waals surface area contributed by atoms with Crippen LogP contribution in [0.5, 0.6) is 0 Å². The number of rotatable bonds is 7. The summed E-state index contributed by atoms with van der Waals surface area (Å²) >= 11 is 0. The van der Waals surface area contributed by atoms with Gasteiger partial charge in [-0.05, 0) is 45.7 Å². The molecule has 1 saturated heterocycles. The highest BCUT2D eigenvalue weighted by Crippen LogP contribution is 2.13. The number of hydrogen-bond acceptors (Lipinski definition) is 4. The van der Waals surface area contributed by atoms with Crippen LogP contribution in [-0.2, 0) is 9.53 Å². The summed E-state index contributed by atoms with van der Waals surface area (Å²) < 4.78 is 5.69. The van der Waals surface area contributed by atoms with Crippen LogP contribution in [0.4, 0.5) is 0 Å². The number of nitrogens with zero attached hydrogens (tertiary/aromatic N) is 1. The van der Waals surface area contributed by atoms with Gasteiger partial charge in [-0.3, -0.25) is 10.2 Å². The summed E-state index contributed by atoms with van der Waals surface area (Å²) in [5.41, 5.74) is 2.15. The Hall–Kier alpha value is -0.650. The van der Waals surface area contributed by atoms with Crippen molar-refractivity contribution in [3.05, 3.63) is 0 Å². The molecule has 100 valence electrons. The van der Waals surface area contributed by atoms with Gasteiger partial charge in [0.05, 0.1) is 6.10 Å². The number of ether oxygens (including phenoxy) is 1. The minimum absolute atomic E-state index is 0.0803. The average Bonchev–Trinajstić information content (AvgIpc) is 2.35. The van der Waals surface area contributed by atoms with Crippen LogP contribution in [0.2, 0.25) is 0 Å². The second-order valence-corrected chi connectivity index (χ2v) is 4.78. The molecule has 5 nitrogen and oxygen atoms in total. The van der Waals surface area contributed by atoms with Crippen LogP contribution in [-0.4, -0.2) is 43.7 Å². The number of hydrogen-bond donors (Lipinski definition) is 2. The maximum atomic E-state index is 10.9. The lowest BCUT2D eigenvalue weighted by Gasteiger charge is -2.27. The maximum Gasteiger partial charge on any atom is 0.233 e. The van der Waals surface area contributed by atoms with Gasteiger partial charge in [0.25, 0.3) is 0 Å². The maximum absolute atomic E-state index is 10.9. The normalized spacial score (nSPS) is 20.5. The number of carbonyl (C=O) groups excluding carboxylic acids is 1. The number of unbranched alkanes of at least 4 members (excludes halogenated alkanes) is 1. The lowest BCUT2D eigenvalue weighted by molar-refractivity contribution is -0.121. The Morgan fingerprint density at radius 3 is 2.94 bits per heavy atom. The molecule has 1 aliphatic heterocycles. The molecular weight excluding hydrogens is 218 g/mol. The van der Waals surface area contributed by atoms with E-state index in [1.165, 1.54) is 19.3 Å². The first-order valence-electron chi connectivity index (χ1n) is 6.52. The summed E-state index contributed by atoms with van der Waals surface area (Å²) in [5.74, 6) is 4.93. The Morgan fingerprint density at radius 1 is 1.47 bits per heavy atom. The second kappa shape index (κ2) is 8.44. The summed E-state index contributed by atoms with van der Waals surface area (Å²) in [6.45, 7) is 2.93. The number of nitrogens with one attached hydrogen (secondary N) is 1. The molecule has 0 spiro atoms. The van der Waals surface area contributed by atoms with Gasteiger partial charge in [-0.2, -0.15) is 0 Å². The van der Waals surface area contributed by atoms with Crippen molar-refractivity contribution in [2.75, 3.05) is 26.7 Å². The van der Waals surface area contributed by atoms with Crippen molar-refractivity contribution in [1.29, 1.82) is 0 Å². The van der Waals surface area contributed by atoms with Crippen molar-refractivity contribution in [3.8, 4) is 0 Å². The average molecular weight is 243 g/mol. The van der Waals surface area contributed by atoms with Crippen LogP contribution in [0.3, 0.4) is 0 Å². The molecule has 1 aliphatic rings. The monoisotopic (exact) mass is 243 g/mol. The van der Waals surface area contributed by atoms with Crippen LogP contribution < -0.4 is 11.3 Å². The number of carbonyl (C=O) groups is 1. The Bertz CT molecular complexity index is 218. The Labute approximate surface area is 104 Å². The van der Waals surface area contributed by atoms with E-state index in [1.54, 1.807) is 0 Å². The smallest absolute Gasteiger partial charge is 0.233 e. The van der Waals surface area contributed by atoms with Gasteiger partial charge >= 0.3 is 0 Å². The summed E-state index contributed by atoms with van der Waals surface area (Å²) in [6, 6.07) is 0. The molecule has 0 saturated carbocycles. The molecule has 0 aromatic carbocycles. The highest BCUT2D eigenvalue weighted by atomic mass is 16.5. The highest BCUT2D eigenvalue weighted by molar-refractivity contribution is 5.75. The fraction of sp³-hybridized carbons (Fsp3) is 0.917. The fourth-order valence-corrected chi connectivity index (χ4v) is 2.13. The zero-order chi connectivity index (χ0) is 12.5. The first-order chi connectivity index (χ1) is 8.22. The molecule has 3 N–H and O–H groups in total. The molecule has 5 heteroatoms. The van der Waals surface area contributed by atoms with E-state index in [-0.39, 0.29) is 5.91 Å². The lowest BCUT2D eigenvalue weighted by Crippen LogP contribution is -2.34. The molecular formula is C12H25N3O2. The molecule has 1 heterocycles. The summed E-state index contributed by atoms with van der Waals surface area (Å²) in [6.07, 6.45) is 6.50. The first-order valence-corrected chi connectivity index (χ1v) is 6.52. The SMILES string of the molecule is CN(CCCCC(=O)NN)CC1CCCCO1. The van der Waals surface area contributed by atoms with Crippen molar-refractivity contribution in [1.82, 2.24) is 10.3 Å². The van der Waals surface area contributed by atoms with Gasteiger partial charge in [0, 0.05) is 19.6 Å². The molecule has 1 unspecified atom stereocenters. The zero-order valence-corrected chi connectivity index (χ0v) is 10.8. The summed E-state index contributed by atoms with van der Waals surface area (Å²) in [4.78, 5) is 13.2. The van der Waals surface area contributed by atoms with E-state index in [0.717, 1.165) is 32.5 Å². The van der Waals surface area contributed by atoms with Crippen molar-refractivity contribution in [2.45, 2.75) is 44.6 Å². The first kappa shape index (κ1) is 14.4. The van der Waals surface area contributed by atoms with Gasteiger partial charge < -0.3 is 9.64 Å². The van der Waals surface area contributed by atoms with E-state index in [9.17, 15) is 4.79 Å². The number of hydrazine groups is 1. The van der Waals surface area contributed by atoms with Crippen LogP contribution in [0.1, 0.15) is 38.5 Å². The second-order valence-electron chi connectivity index (χ2n) is 4.78. The van der Waals surface area contributed by atoms with Crippen LogP contribution in [0.25, 0.3) is 0 Å². The molecule has 0 bridgehead atoms. The van der Waals surface area contributed by atoms with Crippen molar-refractivity contribution in [2.24, 2.45) is 5.84 Å². The van der Waals surface area contributed by atoms with Crippen LogP contribution in [0.15, 0.2) is 0 Å². The predicted molar refractivity (Wildman–Crippen MR) is 67.3 cm³/mol. The Balaban J connectivity index is 2.00. The van der Waals surface area contributed by atoms with Crippen molar-refractivity contribution < 1.29 is 9.53 Å². The third-order valence-corrected chi connectivity index (χ3v) is 3.14. The van der Waals surface area contributed by atoms with E-state index in [1.807, 2.05) is 0 Å². The molecule has 1 atom stereocenters. The van der Waals surface area contributed by atoms with E-state index < -0.39 is 0 Å². The fourth-order valence-electron chi connectivity index (χ4n) is 2.13. The predicted octanol–water partition coefficient (Wildman–Crippen LogP) is 0.648. The minimum Gasteiger partial charge on any atom is -0.377 e. The van der Waals surface area contributed by atoms with Gasteiger partial charge in [0.1, 0.15) is 0 Å². The molecule has 0 aliphatic carbocycles. The third kappa shape index (κ3) is 6.61. The summed E-state index contributed by atoms with van der Waals surface area (Å²) in [5, 5.41) is 0. The van der Waals surface area contributed by atoms with Gasteiger partial charge in [-0.25, -0.2) is 5.84 Å². The van der Waals surface area contributed by atoms with Gasteiger partial charge in [-0.15, -0.1) is 0 Å². The topological polar surface area (TPSA) is 67.6 Å². The van der Waals surface area contributed by atoms with Gasteiger partial charge in [-0.1, -0.05) is 0 Å². The molecule has 0 radical (unpaired) electrons. The van der Waals surface area contributed by atoms with E-state index in [2.05, 4.69) is 17.4 Å².